The van der Waals surface area contributed by atoms with Gasteiger partial charge in [0, 0.05) is 41.0 Å². The molecule has 32 heavy (non-hydrogen) atoms. The number of hydrogen-bond acceptors (Lipinski definition) is 6. The van der Waals surface area contributed by atoms with Gasteiger partial charge in [0.15, 0.2) is 0 Å². The summed E-state index contributed by atoms with van der Waals surface area (Å²) in [6, 6.07) is 6.41. The monoisotopic (exact) mass is 445 g/mol. The van der Waals surface area contributed by atoms with E-state index in [4.69, 9.17) is 4.42 Å². The minimum absolute atomic E-state index is 0.0610. The molecule has 0 bridgehead atoms. The third kappa shape index (κ3) is 4.05. The Morgan fingerprint density at radius 2 is 1.91 bits per heavy atom. The van der Waals surface area contributed by atoms with Gasteiger partial charge in [-0.2, -0.15) is 18.2 Å². The molecule has 3 aromatic heterocycles. The molecule has 0 unspecified atom stereocenters. The van der Waals surface area contributed by atoms with Gasteiger partial charge in [0.05, 0.1) is 0 Å². The first kappa shape index (κ1) is 21.5. The molecule has 0 saturated heterocycles. The second kappa shape index (κ2) is 7.74. The molecule has 166 valence electrons. The Kier molecular flexibility index (Phi) is 5.19. The van der Waals surface area contributed by atoms with Crippen molar-refractivity contribution in [3.63, 3.8) is 0 Å². The summed E-state index contributed by atoms with van der Waals surface area (Å²) >= 11 is 0. The van der Waals surface area contributed by atoms with Crippen LogP contribution in [-0.2, 0) is 17.4 Å². The molecule has 4 aromatic rings. The Labute approximate surface area is 179 Å². The number of fused-ring (bicyclic) bond motifs is 2. The summed E-state index contributed by atoms with van der Waals surface area (Å²) in [4.78, 5) is 31.6. The van der Waals surface area contributed by atoms with Crippen LogP contribution in [0.2, 0.25) is 0 Å². The summed E-state index contributed by atoms with van der Waals surface area (Å²) in [5, 5.41) is 7.01. The van der Waals surface area contributed by atoms with Crippen LogP contribution in [0.3, 0.4) is 0 Å². The lowest BCUT2D eigenvalue weighted by atomic mass is 10.1. The predicted molar refractivity (Wildman–Crippen MR) is 109 cm³/mol. The summed E-state index contributed by atoms with van der Waals surface area (Å²) in [5.74, 6) is -1.72. The molecular weight excluding hydrogens is 427 g/mol. The van der Waals surface area contributed by atoms with Crippen molar-refractivity contribution in [1.82, 2.24) is 19.6 Å². The Balaban J connectivity index is 1.52. The molecule has 0 aliphatic heterocycles. The number of carbonyl (C=O) groups excluding carboxylic acids is 1. The Morgan fingerprint density at radius 3 is 2.62 bits per heavy atom. The number of benzene rings is 1. The van der Waals surface area contributed by atoms with E-state index in [-0.39, 0.29) is 24.5 Å². The van der Waals surface area contributed by atoms with Crippen LogP contribution < -0.4 is 10.9 Å². The largest absolute Gasteiger partial charge is 0.453 e. The predicted octanol–water partition coefficient (Wildman–Crippen LogP) is 3.75. The smallest absolute Gasteiger partial charge is 0.423 e. The van der Waals surface area contributed by atoms with Crippen LogP contribution in [0, 0.1) is 20.8 Å². The second-order valence-electron chi connectivity index (χ2n) is 7.41. The van der Waals surface area contributed by atoms with Gasteiger partial charge >= 0.3 is 11.8 Å². The zero-order valence-electron chi connectivity index (χ0n) is 17.4. The fraction of sp³-hybridized carbons (Fsp3) is 0.286. The molecule has 0 fully saturated rings. The number of carbonyl (C=O) groups is 1. The summed E-state index contributed by atoms with van der Waals surface area (Å²) in [5.41, 5.74) is 2.65. The SMILES string of the molecule is Cc1nc2nc(C(F)(F)F)nn2c(C)c1CCC(=O)Nc1ccc2c(C)cc(=O)oc2c1. The summed E-state index contributed by atoms with van der Waals surface area (Å²) < 4.78 is 45.0. The highest BCUT2D eigenvalue weighted by molar-refractivity contribution is 5.93. The number of aromatic nitrogens is 4. The van der Waals surface area contributed by atoms with E-state index in [9.17, 15) is 22.8 Å². The molecule has 1 N–H and O–H groups in total. The summed E-state index contributed by atoms with van der Waals surface area (Å²) in [7, 11) is 0. The Hall–Kier alpha value is -3.76. The minimum atomic E-state index is -4.67. The maximum absolute atomic E-state index is 12.9. The number of hydrogen-bond donors (Lipinski definition) is 1. The number of anilines is 1. The first-order chi connectivity index (χ1) is 15.0. The van der Waals surface area contributed by atoms with Crippen molar-refractivity contribution >= 4 is 28.3 Å². The number of nitrogens with zero attached hydrogens (tertiary/aromatic N) is 4. The molecule has 11 heteroatoms. The van der Waals surface area contributed by atoms with Crippen LogP contribution in [0.1, 0.15) is 34.8 Å². The Bertz CT molecular complexity index is 1420. The van der Waals surface area contributed by atoms with Gasteiger partial charge in [-0.25, -0.2) is 14.3 Å². The molecule has 4 rings (SSSR count). The zero-order chi connectivity index (χ0) is 23.2. The molecule has 1 amide bonds. The molecule has 0 spiro atoms. The number of aryl methyl sites for hydroxylation is 3. The van der Waals surface area contributed by atoms with Gasteiger partial charge in [-0.1, -0.05) is 0 Å². The lowest BCUT2D eigenvalue weighted by molar-refractivity contribution is -0.144. The molecule has 3 heterocycles. The van der Waals surface area contributed by atoms with E-state index in [0.29, 0.717) is 28.2 Å². The molecule has 1 aromatic carbocycles. The van der Waals surface area contributed by atoms with Crippen LogP contribution in [0.4, 0.5) is 18.9 Å². The minimum Gasteiger partial charge on any atom is -0.423 e. The van der Waals surface area contributed by atoms with Crippen molar-refractivity contribution in [3.8, 4) is 0 Å². The highest BCUT2D eigenvalue weighted by Gasteiger charge is 2.37. The van der Waals surface area contributed by atoms with Crippen LogP contribution >= 0.6 is 0 Å². The van der Waals surface area contributed by atoms with Gasteiger partial charge in [0.2, 0.25) is 5.91 Å². The van der Waals surface area contributed by atoms with E-state index in [1.54, 1.807) is 39.0 Å². The molecule has 0 aliphatic carbocycles. The van der Waals surface area contributed by atoms with E-state index < -0.39 is 17.6 Å². The maximum Gasteiger partial charge on any atom is 0.453 e. The van der Waals surface area contributed by atoms with E-state index in [1.807, 2.05) is 0 Å². The molecular formula is C21H18F3N5O3. The van der Waals surface area contributed by atoms with Crippen LogP contribution in [-0.4, -0.2) is 25.5 Å². The van der Waals surface area contributed by atoms with Gasteiger partial charge in [0.1, 0.15) is 5.58 Å². The Morgan fingerprint density at radius 1 is 1.16 bits per heavy atom. The number of halogens is 3. The van der Waals surface area contributed by atoms with Crippen molar-refractivity contribution in [3.05, 3.63) is 63.0 Å². The van der Waals surface area contributed by atoms with Crippen molar-refractivity contribution in [2.75, 3.05) is 5.32 Å². The topological polar surface area (TPSA) is 102 Å². The second-order valence-corrected chi connectivity index (χ2v) is 7.41. The molecule has 0 atom stereocenters. The average Bonchev–Trinajstić information content (AvgIpc) is 3.12. The number of alkyl halides is 3. The fourth-order valence-corrected chi connectivity index (χ4v) is 3.55. The van der Waals surface area contributed by atoms with Gasteiger partial charge in [0.25, 0.3) is 11.6 Å². The van der Waals surface area contributed by atoms with Crippen LogP contribution in [0.25, 0.3) is 16.7 Å². The number of rotatable bonds is 4. The fourth-order valence-electron chi connectivity index (χ4n) is 3.55. The number of nitrogens with one attached hydrogen (secondary N) is 1. The highest BCUT2D eigenvalue weighted by atomic mass is 19.4. The molecule has 8 nitrogen and oxygen atoms in total. The zero-order valence-corrected chi connectivity index (χ0v) is 17.4. The molecule has 0 aliphatic rings. The van der Waals surface area contributed by atoms with Gasteiger partial charge in [-0.15, -0.1) is 5.10 Å². The van der Waals surface area contributed by atoms with Crippen molar-refractivity contribution in [1.29, 1.82) is 0 Å². The van der Waals surface area contributed by atoms with Crippen LogP contribution in [0.5, 0.6) is 0 Å². The quantitative estimate of drug-likeness (QED) is 0.480. The van der Waals surface area contributed by atoms with Crippen molar-refractivity contribution in [2.24, 2.45) is 0 Å². The van der Waals surface area contributed by atoms with E-state index in [2.05, 4.69) is 20.4 Å². The average molecular weight is 445 g/mol. The normalized spacial score (nSPS) is 11.9. The third-order valence-corrected chi connectivity index (χ3v) is 5.14. The van der Waals surface area contributed by atoms with Crippen molar-refractivity contribution < 1.29 is 22.4 Å². The van der Waals surface area contributed by atoms with E-state index in [1.165, 1.54) is 6.07 Å². The van der Waals surface area contributed by atoms with Gasteiger partial charge in [-0.3, -0.25) is 4.79 Å². The summed E-state index contributed by atoms with van der Waals surface area (Å²) in [6.45, 7) is 5.05. The number of amides is 1. The maximum atomic E-state index is 12.9. The van der Waals surface area contributed by atoms with E-state index >= 15 is 0 Å². The van der Waals surface area contributed by atoms with Gasteiger partial charge in [-0.05, 0) is 50.5 Å². The third-order valence-electron chi connectivity index (χ3n) is 5.14. The molecule has 0 saturated carbocycles. The highest BCUT2D eigenvalue weighted by Crippen LogP contribution is 2.27. The lowest BCUT2D eigenvalue weighted by Crippen LogP contribution is -2.14. The summed E-state index contributed by atoms with van der Waals surface area (Å²) in [6.07, 6.45) is -4.37. The van der Waals surface area contributed by atoms with Gasteiger partial charge < -0.3 is 9.73 Å². The van der Waals surface area contributed by atoms with Crippen LogP contribution in [0.15, 0.2) is 33.5 Å². The van der Waals surface area contributed by atoms with E-state index in [0.717, 1.165) is 15.5 Å². The molecule has 0 radical (unpaired) electrons. The standard InChI is InChI=1S/C21H18F3N5O3/c1-10-8-18(31)32-16-9-13(4-5-14(10)16)26-17(30)7-6-15-11(2)25-20-27-19(21(22,23)24)28-29(20)12(15)3/h4-5,8-9H,6-7H2,1-3H3,(H,26,30). The first-order valence-electron chi connectivity index (χ1n) is 9.67. The van der Waals surface area contributed by atoms with Crippen molar-refractivity contribution in [2.45, 2.75) is 39.8 Å². The lowest BCUT2D eigenvalue weighted by Gasteiger charge is -2.11. The first-order valence-corrected chi connectivity index (χ1v) is 9.67.